The van der Waals surface area contributed by atoms with E-state index in [1.165, 1.54) is 24.8 Å². The number of para-hydroxylation sites is 1. The Morgan fingerprint density at radius 1 is 0.905 bits per heavy atom. The SMILES string of the molecule is CCCCCc1ccc(C(=O)N2CCC(CN(Cc3ccccc3)C(=O)c3cc(OC)c4ccccc4n3)CC2)cc1. The van der Waals surface area contributed by atoms with Gasteiger partial charge in [0.25, 0.3) is 11.8 Å². The minimum absolute atomic E-state index is 0.0956. The van der Waals surface area contributed by atoms with Crippen LogP contribution < -0.4 is 4.74 Å². The van der Waals surface area contributed by atoms with Gasteiger partial charge in [0, 0.05) is 43.2 Å². The number of carbonyl (C=O) groups excluding carboxylic acids is 2. The Bertz CT molecular complexity index is 1480. The van der Waals surface area contributed by atoms with Crippen molar-refractivity contribution in [1.29, 1.82) is 0 Å². The van der Waals surface area contributed by atoms with Crippen LogP contribution in [0.4, 0.5) is 0 Å². The Balaban J connectivity index is 1.26. The van der Waals surface area contributed by atoms with E-state index >= 15 is 0 Å². The van der Waals surface area contributed by atoms with Crippen LogP contribution in [-0.2, 0) is 13.0 Å². The third-order valence-electron chi connectivity index (χ3n) is 8.27. The number of fused-ring (bicyclic) bond motifs is 1. The summed E-state index contributed by atoms with van der Waals surface area (Å²) < 4.78 is 5.62. The van der Waals surface area contributed by atoms with Gasteiger partial charge in [0.1, 0.15) is 11.4 Å². The van der Waals surface area contributed by atoms with Gasteiger partial charge in [0.05, 0.1) is 12.6 Å². The summed E-state index contributed by atoms with van der Waals surface area (Å²) in [4.78, 5) is 35.8. The molecule has 218 valence electrons. The molecule has 2 amide bonds. The van der Waals surface area contributed by atoms with Crippen molar-refractivity contribution in [2.45, 2.75) is 52.0 Å². The van der Waals surface area contributed by atoms with Crippen molar-refractivity contribution in [2.75, 3.05) is 26.7 Å². The fourth-order valence-corrected chi connectivity index (χ4v) is 5.81. The molecule has 1 fully saturated rings. The van der Waals surface area contributed by atoms with E-state index in [0.29, 0.717) is 43.5 Å². The largest absolute Gasteiger partial charge is 0.496 e. The van der Waals surface area contributed by atoms with Gasteiger partial charge in [0.2, 0.25) is 0 Å². The van der Waals surface area contributed by atoms with Crippen molar-refractivity contribution in [2.24, 2.45) is 5.92 Å². The minimum Gasteiger partial charge on any atom is -0.496 e. The summed E-state index contributed by atoms with van der Waals surface area (Å²) in [5.41, 5.74) is 4.24. The van der Waals surface area contributed by atoms with Gasteiger partial charge >= 0.3 is 0 Å². The van der Waals surface area contributed by atoms with Crippen LogP contribution in [-0.4, -0.2) is 53.3 Å². The maximum atomic E-state index is 13.9. The number of aryl methyl sites for hydroxylation is 1. The van der Waals surface area contributed by atoms with Crippen LogP contribution in [0.25, 0.3) is 10.9 Å². The van der Waals surface area contributed by atoms with E-state index in [-0.39, 0.29) is 11.8 Å². The zero-order chi connectivity index (χ0) is 29.3. The summed E-state index contributed by atoms with van der Waals surface area (Å²) >= 11 is 0. The molecule has 0 N–H and O–H groups in total. The molecule has 1 aliphatic rings. The van der Waals surface area contributed by atoms with Crippen molar-refractivity contribution in [1.82, 2.24) is 14.8 Å². The minimum atomic E-state index is -0.111. The number of unbranched alkanes of at least 4 members (excludes halogenated alkanes) is 2. The molecule has 2 heterocycles. The number of piperidine rings is 1. The van der Waals surface area contributed by atoms with Crippen LogP contribution in [0.5, 0.6) is 5.75 Å². The van der Waals surface area contributed by atoms with E-state index in [9.17, 15) is 9.59 Å². The number of nitrogens with zero attached hydrogens (tertiary/aromatic N) is 3. The van der Waals surface area contributed by atoms with Crippen molar-refractivity contribution in [3.63, 3.8) is 0 Å². The van der Waals surface area contributed by atoms with E-state index in [0.717, 1.165) is 41.3 Å². The molecule has 0 unspecified atom stereocenters. The van der Waals surface area contributed by atoms with Crippen molar-refractivity contribution in [3.05, 3.63) is 107 Å². The summed E-state index contributed by atoms with van der Waals surface area (Å²) in [5.74, 6) is 0.924. The standard InChI is InChI=1S/C36H41N3O3/c1-3-4-6-11-27-16-18-30(19-17-27)35(40)38-22-20-29(21-23-38)26-39(25-28-12-7-5-8-13-28)36(41)33-24-34(42-2)31-14-9-10-15-32(31)37-33/h5,7-10,12-19,24,29H,3-4,6,11,20-23,25-26H2,1-2H3. The summed E-state index contributed by atoms with van der Waals surface area (Å²) in [7, 11) is 1.62. The Hall–Kier alpha value is -4.19. The predicted molar refractivity (Wildman–Crippen MR) is 168 cm³/mol. The predicted octanol–water partition coefficient (Wildman–Crippen LogP) is 7.17. The molecule has 6 heteroatoms. The monoisotopic (exact) mass is 563 g/mol. The first-order valence-electron chi connectivity index (χ1n) is 15.2. The Kier molecular flexibility index (Phi) is 9.86. The fourth-order valence-electron chi connectivity index (χ4n) is 5.81. The van der Waals surface area contributed by atoms with Gasteiger partial charge in [-0.3, -0.25) is 9.59 Å². The number of methoxy groups -OCH3 is 1. The van der Waals surface area contributed by atoms with Crippen molar-refractivity contribution in [3.8, 4) is 5.75 Å². The average molecular weight is 564 g/mol. The average Bonchev–Trinajstić information content (AvgIpc) is 3.04. The molecule has 1 aliphatic heterocycles. The summed E-state index contributed by atoms with van der Waals surface area (Å²) in [5, 5.41) is 0.884. The van der Waals surface area contributed by atoms with Gasteiger partial charge in [-0.1, -0.05) is 74.4 Å². The van der Waals surface area contributed by atoms with E-state index in [1.807, 2.05) is 76.5 Å². The molecule has 5 rings (SSSR count). The molecular formula is C36H41N3O3. The number of hydrogen-bond acceptors (Lipinski definition) is 4. The lowest BCUT2D eigenvalue weighted by molar-refractivity contribution is 0.0597. The molecule has 0 bridgehead atoms. The highest BCUT2D eigenvalue weighted by Crippen LogP contribution is 2.27. The highest BCUT2D eigenvalue weighted by Gasteiger charge is 2.28. The van der Waals surface area contributed by atoms with E-state index < -0.39 is 0 Å². The van der Waals surface area contributed by atoms with Gasteiger partial charge in [-0.2, -0.15) is 0 Å². The number of carbonyl (C=O) groups is 2. The number of aromatic nitrogens is 1. The Morgan fingerprint density at radius 3 is 2.33 bits per heavy atom. The molecule has 0 atom stereocenters. The molecule has 42 heavy (non-hydrogen) atoms. The van der Waals surface area contributed by atoms with Crippen LogP contribution >= 0.6 is 0 Å². The second kappa shape index (κ2) is 14.1. The molecule has 6 nitrogen and oxygen atoms in total. The summed E-state index contributed by atoms with van der Waals surface area (Å²) in [6, 6.07) is 27.7. The first-order valence-corrected chi connectivity index (χ1v) is 15.2. The van der Waals surface area contributed by atoms with Gasteiger partial charge in [-0.15, -0.1) is 0 Å². The third-order valence-corrected chi connectivity index (χ3v) is 8.27. The van der Waals surface area contributed by atoms with E-state index in [2.05, 4.69) is 19.1 Å². The number of pyridine rings is 1. The lowest BCUT2D eigenvalue weighted by Crippen LogP contribution is -2.43. The number of likely N-dealkylation sites (tertiary alicyclic amines) is 1. The van der Waals surface area contributed by atoms with Crippen LogP contribution in [0, 0.1) is 5.92 Å². The third kappa shape index (κ3) is 7.17. The highest BCUT2D eigenvalue weighted by molar-refractivity contribution is 5.97. The van der Waals surface area contributed by atoms with Crippen LogP contribution in [0.2, 0.25) is 0 Å². The van der Waals surface area contributed by atoms with Gasteiger partial charge in [-0.05, 0) is 67.0 Å². The molecule has 4 aromatic rings. The maximum Gasteiger partial charge on any atom is 0.272 e. The fraction of sp³-hybridized carbons (Fsp3) is 0.361. The molecular weight excluding hydrogens is 522 g/mol. The number of hydrogen-bond donors (Lipinski definition) is 0. The lowest BCUT2D eigenvalue weighted by atomic mass is 9.95. The second-order valence-electron chi connectivity index (χ2n) is 11.3. The molecule has 1 saturated heterocycles. The molecule has 0 spiro atoms. The number of amides is 2. The molecule has 0 saturated carbocycles. The van der Waals surface area contributed by atoms with Gasteiger partial charge in [0.15, 0.2) is 0 Å². The molecule has 0 aliphatic carbocycles. The zero-order valence-electron chi connectivity index (χ0n) is 24.8. The van der Waals surface area contributed by atoms with Gasteiger partial charge in [-0.25, -0.2) is 4.98 Å². The molecule has 3 aromatic carbocycles. The maximum absolute atomic E-state index is 13.9. The van der Waals surface area contributed by atoms with Crippen molar-refractivity contribution >= 4 is 22.7 Å². The van der Waals surface area contributed by atoms with Gasteiger partial charge < -0.3 is 14.5 Å². The Morgan fingerprint density at radius 2 is 1.62 bits per heavy atom. The molecule has 1 aromatic heterocycles. The highest BCUT2D eigenvalue weighted by atomic mass is 16.5. The number of ether oxygens (including phenoxy) is 1. The first-order chi connectivity index (χ1) is 20.6. The van der Waals surface area contributed by atoms with Crippen LogP contribution in [0.1, 0.15) is 71.0 Å². The van der Waals surface area contributed by atoms with E-state index in [4.69, 9.17) is 9.72 Å². The number of rotatable bonds is 11. The van der Waals surface area contributed by atoms with Crippen LogP contribution in [0.15, 0.2) is 84.9 Å². The zero-order valence-corrected chi connectivity index (χ0v) is 24.8. The van der Waals surface area contributed by atoms with Crippen molar-refractivity contribution < 1.29 is 14.3 Å². The van der Waals surface area contributed by atoms with E-state index in [1.54, 1.807) is 13.2 Å². The quantitative estimate of drug-likeness (QED) is 0.182. The normalized spacial score (nSPS) is 13.7. The first kappa shape index (κ1) is 29.3. The second-order valence-corrected chi connectivity index (χ2v) is 11.3. The smallest absolute Gasteiger partial charge is 0.272 e. The molecule has 0 radical (unpaired) electrons. The number of benzene rings is 3. The lowest BCUT2D eigenvalue weighted by Gasteiger charge is -2.35. The summed E-state index contributed by atoms with van der Waals surface area (Å²) in [6.07, 6.45) is 6.40. The summed E-state index contributed by atoms with van der Waals surface area (Å²) in [6.45, 7) is 4.71. The topological polar surface area (TPSA) is 62.7 Å². The van der Waals surface area contributed by atoms with Crippen LogP contribution in [0.3, 0.4) is 0 Å². The Labute approximate surface area is 249 Å².